The number of carbonyl (C=O) groups excluding carboxylic acids is 2. The zero-order chi connectivity index (χ0) is 23.5. The molecule has 1 aliphatic heterocycles. The van der Waals surface area contributed by atoms with Gasteiger partial charge in [0.25, 0.3) is 5.91 Å². The number of fused-ring (bicyclic) bond motifs is 3. The maximum atomic E-state index is 12.4. The van der Waals surface area contributed by atoms with Gasteiger partial charge < -0.3 is 16.0 Å². The van der Waals surface area contributed by atoms with Crippen LogP contribution in [0.1, 0.15) is 21.6 Å². The molecule has 5 rings (SSSR count). The second kappa shape index (κ2) is 9.24. The molecule has 0 radical (unpaired) electrons. The molecule has 10 heteroatoms. The highest BCUT2D eigenvalue weighted by atomic mass is 35.5. The fraction of sp³-hybridized carbons (Fsp3) is 0.0833. The Labute approximate surface area is 199 Å². The summed E-state index contributed by atoms with van der Waals surface area (Å²) in [6.07, 6.45) is 4.87. The van der Waals surface area contributed by atoms with Gasteiger partial charge in [-0.1, -0.05) is 11.6 Å². The first-order chi connectivity index (χ1) is 16.5. The number of anilines is 3. The van der Waals surface area contributed by atoms with E-state index in [1.807, 2.05) is 6.07 Å². The summed E-state index contributed by atoms with van der Waals surface area (Å²) >= 11 is 6.10. The van der Waals surface area contributed by atoms with E-state index in [0.717, 1.165) is 16.8 Å². The summed E-state index contributed by atoms with van der Waals surface area (Å²) < 4.78 is 0. The second-order valence-corrected chi connectivity index (χ2v) is 8.00. The third-order valence-electron chi connectivity index (χ3n) is 5.20. The standard InChI is InChI=1S/C24H18ClN7O2/c25-16-3-6-19-20(10-16)31-21(33)9-15-11-28-24(32-22(15)19)30-17-4-1-14(2-5-17)23(34)27-12-18-7-8-26-13-29-18/h1-8,10-11,13H,9,12H2,(H,27,34)(H,31,33)(H,28,30,32). The third kappa shape index (κ3) is 4.69. The number of amides is 2. The van der Waals surface area contributed by atoms with Crippen molar-refractivity contribution in [1.82, 2.24) is 25.3 Å². The maximum absolute atomic E-state index is 12.4. The SMILES string of the molecule is O=C1Cc2cnc(Nc3ccc(C(=O)NCc4ccncn4)cc3)nc2-c2ccc(Cl)cc2N1. The van der Waals surface area contributed by atoms with Gasteiger partial charge in [-0.3, -0.25) is 9.59 Å². The molecule has 4 aromatic rings. The van der Waals surface area contributed by atoms with Crippen LogP contribution in [0.5, 0.6) is 0 Å². The highest BCUT2D eigenvalue weighted by molar-refractivity contribution is 6.31. The van der Waals surface area contributed by atoms with Gasteiger partial charge in [0, 0.05) is 39.8 Å². The maximum Gasteiger partial charge on any atom is 0.251 e. The van der Waals surface area contributed by atoms with Crippen LogP contribution >= 0.6 is 11.6 Å². The van der Waals surface area contributed by atoms with Gasteiger partial charge in [-0.2, -0.15) is 0 Å². The number of halogens is 1. The summed E-state index contributed by atoms with van der Waals surface area (Å²) in [5.41, 5.74) is 4.71. The molecule has 34 heavy (non-hydrogen) atoms. The number of benzene rings is 2. The van der Waals surface area contributed by atoms with Crippen LogP contribution in [0, 0.1) is 0 Å². The molecule has 3 N–H and O–H groups in total. The Balaban J connectivity index is 1.32. The van der Waals surface area contributed by atoms with E-state index in [0.29, 0.717) is 40.1 Å². The van der Waals surface area contributed by atoms with Crippen molar-refractivity contribution >= 4 is 40.7 Å². The predicted molar refractivity (Wildman–Crippen MR) is 128 cm³/mol. The average molecular weight is 472 g/mol. The molecule has 2 amide bonds. The molecule has 0 saturated carbocycles. The molecule has 0 fully saturated rings. The minimum Gasteiger partial charge on any atom is -0.346 e. The molecule has 0 atom stereocenters. The minimum absolute atomic E-state index is 0.153. The van der Waals surface area contributed by atoms with E-state index in [2.05, 4.69) is 35.9 Å². The number of hydrogen-bond acceptors (Lipinski definition) is 7. The summed E-state index contributed by atoms with van der Waals surface area (Å²) in [5, 5.41) is 9.36. The fourth-order valence-corrected chi connectivity index (χ4v) is 3.73. The monoisotopic (exact) mass is 471 g/mol. The molecule has 0 aliphatic carbocycles. The van der Waals surface area contributed by atoms with Crippen molar-refractivity contribution in [3.8, 4) is 11.3 Å². The summed E-state index contributed by atoms with van der Waals surface area (Å²) in [6, 6.07) is 14.0. The minimum atomic E-state index is -0.209. The largest absolute Gasteiger partial charge is 0.346 e. The second-order valence-electron chi connectivity index (χ2n) is 7.57. The molecule has 1 aliphatic rings. The van der Waals surface area contributed by atoms with Crippen LogP contribution in [0.15, 0.2) is 67.3 Å². The van der Waals surface area contributed by atoms with Crippen LogP contribution in [-0.2, 0) is 17.8 Å². The van der Waals surface area contributed by atoms with Gasteiger partial charge >= 0.3 is 0 Å². The van der Waals surface area contributed by atoms with Gasteiger partial charge in [-0.05, 0) is 48.5 Å². The van der Waals surface area contributed by atoms with E-state index < -0.39 is 0 Å². The fourth-order valence-electron chi connectivity index (χ4n) is 3.55. The van der Waals surface area contributed by atoms with Crippen LogP contribution in [0.2, 0.25) is 5.02 Å². The Morgan fingerprint density at radius 1 is 1.09 bits per heavy atom. The van der Waals surface area contributed by atoms with Gasteiger partial charge in [0.1, 0.15) is 6.33 Å². The van der Waals surface area contributed by atoms with E-state index in [9.17, 15) is 9.59 Å². The molecule has 0 spiro atoms. The van der Waals surface area contributed by atoms with Crippen LogP contribution in [-0.4, -0.2) is 31.8 Å². The molecule has 3 heterocycles. The number of hydrogen-bond donors (Lipinski definition) is 3. The first-order valence-electron chi connectivity index (χ1n) is 10.4. The summed E-state index contributed by atoms with van der Waals surface area (Å²) in [6.45, 7) is 0.314. The number of nitrogens with zero attached hydrogens (tertiary/aromatic N) is 4. The highest BCUT2D eigenvalue weighted by Crippen LogP contribution is 2.34. The molecule has 0 saturated heterocycles. The van der Waals surface area contributed by atoms with E-state index >= 15 is 0 Å². The Kier molecular flexibility index (Phi) is 5.84. The lowest BCUT2D eigenvalue weighted by Gasteiger charge is -2.11. The summed E-state index contributed by atoms with van der Waals surface area (Å²) in [4.78, 5) is 41.6. The Hall–Kier alpha value is -4.37. The molecule has 168 valence electrons. The predicted octanol–water partition coefficient (Wildman–Crippen LogP) is 3.76. The lowest BCUT2D eigenvalue weighted by Crippen LogP contribution is -2.23. The first-order valence-corrected chi connectivity index (χ1v) is 10.8. The van der Waals surface area contributed by atoms with Crippen molar-refractivity contribution in [3.05, 3.63) is 89.1 Å². The first kappa shape index (κ1) is 21.5. The van der Waals surface area contributed by atoms with E-state index in [1.54, 1.807) is 54.9 Å². The highest BCUT2D eigenvalue weighted by Gasteiger charge is 2.21. The molecule has 2 aromatic heterocycles. The van der Waals surface area contributed by atoms with Crippen LogP contribution in [0.3, 0.4) is 0 Å². The van der Waals surface area contributed by atoms with Crippen molar-refractivity contribution in [1.29, 1.82) is 0 Å². The molecule has 2 aromatic carbocycles. The molecule has 0 unspecified atom stereocenters. The van der Waals surface area contributed by atoms with E-state index in [-0.39, 0.29) is 18.2 Å². The van der Waals surface area contributed by atoms with Gasteiger partial charge in [0.05, 0.1) is 30.0 Å². The number of carbonyl (C=O) groups is 2. The number of aromatic nitrogens is 4. The van der Waals surface area contributed by atoms with Crippen molar-refractivity contribution in [2.24, 2.45) is 0 Å². The number of rotatable bonds is 5. The lowest BCUT2D eigenvalue weighted by atomic mass is 10.1. The quantitative estimate of drug-likeness (QED) is 0.405. The summed E-state index contributed by atoms with van der Waals surface area (Å²) in [5.74, 6) is 0.00833. The Morgan fingerprint density at radius 3 is 2.74 bits per heavy atom. The van der Waals surface area contributed by atoms with Gasteiger partial charge in [0.15, 0.2) is 0 Å². The lowest BCUT2D eigenvalue weighted by molar-refractivity contribution is -0.115. The van der Waals surface area contributed by atoms with Crippen molar-refractivity contribution in [2.45, 2.75) is 13.0 Å². The Morgan fingerprint density at radius 2 is 1.94 bits per heavy atom. The van der Waals surface area contributed by atoms with Gasteiger partial charge in [0.2, 0.25) is 11.9 Å². The van der Waals surface area contributed by atoms with E-state index in [4.69, 9.17) is 11.6 Å². The van der Waals surface area contributed by atoms with Crippen molar-refractivity contribution in [3.63, 3.8) is 0 Å². The topological polar surface area (TPSA) is 122 Å². The van der Waals surface area contributed by atoms with Gasteiger partial charge in [-0.25, -0.2) is 19.9 Å². The Bertz CT molecular complexity index is 1380. The van der Waals surface area contributed by atoms with Crippen molar-refractivity contribution in [2.75, 3.05) is 10.6 Å². The van der Waals surface area contributed by atoms with Crippen LogP contribution < -0.4 is 16.0 Å². The molecule has 0 bridgehead atoms. The molecular formula is C24H18ClN7O2. The molecule has 9 nitrogen and oxygen atoms in total. The zero-order valence-electron chi connectivity index (χ0n) is 17.7. The van der Waals surface area contributed by atoms with Gasteiger partial charge in [-0.15, -0.1) is 0 Å². The van der Waals surface area contributed by atoms with Crippen LogP contribution in [0.4, 0.5) is 17.3 Å². The van der Waals surface area contributed by atoms with Crippen LogP contribution in [0.25, 0.3) is 11.3 Å². The van der Waals surface area contributed by atoms with E-state index in [1.165, 1.54) is 6.33 Å². The third-order valence-corrected chi connectivity index (χ3v) is 5.44. The van der Waals surface area contributed by atoms with Crippen molar-refractivity contribution < 1.29 is 9.59 Å². The summed E-state index contributed by atoms with van der Waals surface area (Å²) in [7, 11) is 0. The normalized spacial score (nSPS) is 12.1. The number of nitrogens with one attached hydrogen (secondary N) is 3. The molecular weight excluding hydrogens is 454 g/mol. The zero-order valence-corrected chi connectivity index (χ0v) is 18.5. The average Bonchev–Trinajstić information content (AvgIpc) is 2.98. The smallest absolute Gasteiger partial charge is 0.251 e.